The fraction of sp³-hybridized carbons (Fsp3) is 0.435. The zero-order valence-corrected chi connectivity index (χ0v) is 17.7. The Kier molecular flexibility index (Phi) is 5.44. The largest absolute Gasteiger partial charge is 0.454 e. The molecule has 3 aliphatic rings. The molecule has 0 aromatic heterocycles. The predicted molar refractivity (Wildman–Crippen MR) is 117 cm³/mol. The van der Waals surface area contributed by atoms with Gasteiger partial charge in [-0.1, -0.05) is 17.7 Å². The van der Waals surface area contributed by atoms with E-state index in [0.717, 1.165) is 57.1 Å². The van der Waals surface area contributed by atoms with Crippen molar-refractivity contribution in [3.63, 3.8) is 0 Å². The maximum atomic E-state index is 13.1. The van der Waals surface area contributed by atoms with Gasteiger partial charge in [0.1, 0.15) is 0 Å². The van der Waals surface area contributed by atoms with E-state index in [1.807, 2.05) is 35.2 Å². The summed E-state index contributed by atoms with van der Waals surface area (Å²) in [5.74, 6) is 1.45. The Morgan fingerprint density at radius 3 is 2.63 bits per heavy atom. The zero-order valence-electron chi connectivity index (χ0n) is 16.9. The number of benzene rings is 2. The molecule has 0 bridgehead atoms. The average Bonchev–Trinajstić information content (AvgIpc) is 3.27. The third-order valence-corrected chi connectivity index (χ3v) is 6.54. The molecule has 6 nitrogen and oxygen atoms in total. The first kappa shape index (κ1) is 19.5. The third kappa shape index (κ3) is 3.94. The number of likely N-dealkylation sites (tertiary alicyclic amines) is 1. The predicted octanol–water partition coefficient (Wildman–Crippen LogP) is 3.50. The van der Waals surface area contributed by atoms with Gasteiger partial charge in [0.25, 0.3) is 5.91 Å². The van der Waals surface area contributed by atoms with Crippen LogP contribution in [-0.2, 0) is 0 Å². The molecule has 0 radical (unpaired) electrons. The van der Waals surface area contributed by atoms with Crippen molar-refractivity contribution < 1.29 is 14.3 Å². The van der Waals surface area contributed by atoms with Crippen molar-refractivity contribution in [3.05, 3.63) is 53.1 Å². The zero-order chi connectivity index (χ0) is 20.5. The number of carbonyl (C=O) groups is 1. The maximum absolute atomic E-state index is 13.1. The van der Waals surface area contributed by atoms with Gasteiger partial charge in [-0.3, -0.25) is 9.69 Å². The second-order valence-electron chi connectivity index (χ2n) is 8.12. The fourth-order valence-electron chi connectivity index (χ4n) is 4.67. The van der Waals surface area contributed by atoms with Gasteiger partial charge in [-0.25, -0.2) is 0 Å². The van der Waals surface area contributed by atoms with Crippen molar-refractivity contribution in [2.75, 3.05) is 51.0 Å². The van der Waals surface area contributed by atoms with Gasteiger partial charge in [-0.05, 0) is 49.2 Å². The van der Waals surface area contributed by atoms with Crippen LogP contribution in [0.1, 0.15) is 23.2 Å². The summed E-state index contributed by atoms with van der Waals surface area (Å²) in [6.07, 6.45) is 2.18. The van der Waals surface area contributed by atoms with Gasteiger partial charge >= 0.3 is 0 Å². The number of fused-ring (bicyclic) bond motifs is 1. The molecule has 0 aliphatic carbocycles. The average molecular weight is 428 g/mol. The molecule has 3 aliphatic heterocycles. The Bertz CT molecular complexity index is 930. The summed E-state index contributed by atoms with van der Waals surface area (Å²) in [6, 6.07) is 13.9. The first-order valence-electron chi connectivity index (χ1n) is 10.6. The molecule has 5 rings (SSSR count). The first-order chi connectivity index (χ1) is 14.7. The van der Waals surface area contributed by atoms with E-state index in [1.165, 1.54) is 5.69 Å². The van der Waals surface area contributed by atoms with Crippen LogP contribution < -0.4 is 14.4 Å². The minimum absolute atomic E-state index is 0.0792. The quantitative estimate of drug-likeness (QED) is 0.750. The minimum atomic E-state index is 0.0792. The SMILES string of the molecule is O=C(c1ccc2c(c1)OCO2)N1CCC[C@@H](N2CCN(c3cccc(Cl)c3)CC2)C1. The van der Waals surface area contributed by atoms with E-state index in [9.17, 15) is 4.79 Å². The molecule has 1 atom stereocenters. The number of ether oxygens (including phenoxy) is 2. The van der Waals surface area contributed by atoms with Crippen LogP contribution in [0.4, 0.5) is 5.69 Å². The lowest BCUT2D eigenvalue weighted by atomic mass is 10.0. The van der Waals surface area contributed by atoms with E-state index in [-0.39, 0.29) is 12.7 Å². The van der Waals surface area contributed by atoms with Gasteiger partial charge in [0.15, 0.2) is 11.5 Å². The second kappa shape index (κ2) is 8.36. The second-order valence-corrected chi connectivity index (χ2v) is 8.55. The van der Waals surface area contributed by atoms with E-state index in [1.54, 1.807) is 6.07 Å². The molecule has 2 aromatic rings. The monoisotopic (exact) mass is 427 g/mol. The number of halogens is 1. The van der Waals surface area contributed by atoms with Crippen molar-refractivity contribution in [2.45, 2.75) is 18.9 Å². The molecular weight excluding hydrogens is 402 g/mol. The van der Waals surface area contributed by atoms with Crippen molar-refractivity contribution in [1.29, 1.82) is 0 Å². The Hall–Kier alpha value is -2.44. The van der Waals surface area contributed by atoms with E-state index < -0.39 is 0 Å². The Morgan fingerprint density at radius 1 is 0.967 bits per heavy atom. The Balaban J connectivity index is 1.20. The van der Waals surface area contributed by atoms with Crippen LogP contribution in [0.5, 0.6) is 11.5 Å². The number of anilines is 1. The first-order valence-corrected chi connectivity index (χ1v) is 11.0. The number of rotatable bonds is 3. The number of hydrogen-bond acceptors (Lipinski definition) is 5. The molecule has 2 saturated heterocycles. The highest BCUT2D eigenvalue weighted by molar-refractivity contribution is 6.30. The minimum Gasteiger partial charge on any atom is -0.454 e. The van der Waals surface area contributed by atoms with Crippen LogP contribution in [0, 0.1) is 0 Å². The standard InChI is InChI=1S/C23H26ClN3O3/c24-18-3-1-4-19(14-18)25-9-11-26(12-10-25)20-5-2-8-27(15-20)23(28)17-6-7-21-22(13-17)30-16-29-21/h1,3-4,6-7,13-14,20H,2,5,8-12,15-16H2/t20-/m1/s1. The van der Waals surface area contributed by atoms with Crippen molar-refractivity contribution in [2.24, 2.45) is 0 Å². The van der Waals surface area contributed by atoms with E-state index >= 15 is 0 Å². The normalized spacial score (nSPS) is 21.7. The number of hydrogen-bond donors (Lipinski definition) is 0. The lowest BCUT2D eigenvalue weighted by Gasteiger charge is -2.44. The van der Waals surface area contributed by atoms with Gasteiger partial charge in [0.05, 0.1) is 0 Å². The van der Waals surface area contributed by atoms with Crippen molar-refractivity contribution >= 4 is 23.2 Å². The van der Waals surface area contributed by atoms with E-state index in [4.69, 9.17) is 21.1 Å². The summed E-state index contributed by atoms with van der Waals surface area (Å²) in [7, 11) is 0. The molecule has 1 amide bonds. The van der Waals surface area contributed by atoms with Crippen LogP contribution in [0.25, 0.3) is 0 Å². The van der Waals surface area contributed by atoms with Crippen LogP contribution in [-0.4, -0.2) is 67.8 Å². The Labute approximate surface area is 181 Å². The lowest BCUT2D eigenvalue weighted by Crippen LogP contribution is -2.55. The summed E-state index contributed by atoms with van der Waals surface area (Å²) in [5.41, 5.74) is 1.86. The van der Waals surface area contributed by atoms with Gasteiger partial charge in [-0.15, -0.1) is 0 Å². The summed E-state index contributed by atoms with van der Waals surface area (Å²) in [5, 5.41) is 0.778. The van der Waals surface area contributed by atoms with Crippen LogP contribution in [0.15, 0.2) is 42.5 Å². The van der Waals surface area contributed by atoms with Crippen LogP contribution in [0.3, 0.4) is 0 Å². The molecule has 158 valence electrons. The van der Waals surface area contributed by atoms with E-state index in [0.29, 0.717) is 23.1 Å². The van der Waals surface area contributed by atoms with Crippen LogP contribution >= 0.6 is 11.6 Å². The lowest BCUT2D eigenvalue weighted by molar-refractivity contribution is 0.0563. The topological polar surface area (TPSA) is 45.3 Å². The number of piperazine rings is 1. The molecule has 2 aromatic carbocycles. The fourth-order valence-corrected chi connectivity index (χ4v) is 4.85. The van der Waals surface area contributed by atoms with Gasteiger partial charge in [0.2, 0.25) is 6.79 Å². The third-order valence-electron chi connectivity index (χ3n) is 6.31. The number of nitrogens with zero attached hydrogens (tertiary/aromatic N) is 3. The highest BCUT2D eigenvalue weighted by Gasteiger charge is 2.31. The van der Waals surface area contributed by atoms with Crippen molar-refractivity contribution in [3.8, 4) is 11.5 Å². The molecule has 30 heavy (non-hydrogen) atoms. The van der Waals surface area contributed by atoms with Gasteiger partial charge in [-0.2, -0.15) is 0 Å². The molecule has 0 unspecified atom stereocenters. The number of carbonyl (C=O) groups excluding carboxylic acids is 1. The molecule has 2 fully saturated rings. The Morgan fingerprint density at radius 2 is 1.80 bits per heavy atom. The number of amides is 1. The summed E-state index contributed by atoms with van der Waals surface area (Å²) < 4.78 is 10.8. The van der Waals surface area contributed by atoms with E-state index in [2.05, 4.69) is 15.9 Å². The molecule has 0 N–H and O–H groups in total. The van der Waals surface area contributed by atoms with Gasteiger partial charge < -0.3 is 19.3 Å². The highest BCUT2D eigenvalue weighted by Crippen LogP contribution is 2.33. The summed E-state index contributed by atoms with van der Waals surface area (Å²) >= 11 is 6.15. The van der Waals surface area contributed by atoms with Crippen molar-refractivity contribution in [1.82, 2.24) is 9.80 Å². The highest BCUT2D eigenvalue weighted by atomic mass is 35.5. The molecule has 0 saturated carbocycles. The van der Waals surface area contributed by atoms with Crippen LogP contribution in [0.2, 0.25) is 5.02 Å². The molecule has 7 heteroatoms. The molecule has 0 spiro atoms. The smallest absolute Gasteiger partial charge is 0.254 e. The molecule has 3 heterocycles. The molecular formula is C23H26ClN3O3. The summed E-state index contributed by atoms with van der Waals surface area (Å²) in [6.45, 7) is 5.78. The number of piperidine rings is 1. The van der Waals surface area contributed by atoms with Gasteiger partial charge in [0, 0.05) is 61.6 Å². The summed E-state index contributed by atoms with van der Waals surface area (Å²) in [4.78, 5) is 20.0. The maximum Gasteiger partial charge on any atom is 0.254 e.